The van der Waals surface area contributed by atoms with Gasteiger partial charge in [0, 0.05) is 13.1 Å². The van der Waals surface area contributed by atoms with Crippen molar-refractivity contribution in [3.8, 4) is 0 Å². The molecule has 168 valence electrons. The molecule has 4 N–H and O–H groups in total. The molecule has 1 aromatic carbocycles. The molecule has 2 amide bonds. The van der Waals surface area contributed by atoms with E-state index in [0.717, 1.165) is 11.1 Å². The molecular formula is C21H28N4O4S2. The first-order chi connectivity index (χ1) is 14.7. The van der Waals surface area contributed by atoms with E-state index in [2.05, 4.69) is 20.7 Å². The molecule has 1 aromatic heterocycles. The van der Waals surface area contributed by atoms with Crippen molar-refractivity contribution < 1.29 is 18.0 Å². The summed E-state index contributed by atoms with van der Waals surface area (Å²) in [7, 11) is -3.65. The first-order valence-electron chi connectivity index (χ1n) is 10.2. The lowest BCUT2D eigenvalue weighted by molar-refractivity contribution is -0.128. The summed E-state index contributed by atoms with van der Waals surface area (Å²) in [6.45, 7) is 5.13. The topological polar surface area (TPSA) is 116 Å². The van der Waals surface area contributed by atoms with Crippen LogP contribution in [0.3, 0.4) is 0 Å². The quantitative estimate of drug-likeness (QED) is 0.440. The van der Waals surface area contributed by atoms with Gasteiger partial charge in [-0.05, 0) is 68.9 Å². The summed E-state index contributed by atoms with van der Waals surface area (Å²) in [6, 6.07) is 8.42. The maximum Gasteiger partial charge on any atom is 0.262 e. The maximum absolute atomic E-state index is 13.0. The largest absolute Gasteiger partial charge is 0.353 e. The second kappa shape index (κ2) is 9.90. The van der Waals surface area contributed by atoms with E-state index in [1.165, 1.54) is 11.3 Å². The summed E-state index contributed by atoms with van der Waals surface area (Å²) in [5.41, 5.74) is 0.824. The Labute approximate surface area is 186 Å². The van der Waals surface area contributed by atoms with E-state index < -0.39 is 15.6 Å². The van der Waals surface area contributed by atoms with Gasteiger partial charge in [-0.2, -0.15) is 0 Å². The van der Waals surface area contributed by atoms with Crippen LogP contribution >= 0.6 is 11.3 Å². The number of nitrogens with one attached hydrogen (secondary N) is 4. The molecule has 0 aliphatic carbocycles. The first kappa shape index (κ1) is 23.4. The number of piperidine rings is 1. The number of thiophene rings is 1. The Bertz CT molecular complexity index is 1030. The summed E-state index contributed by atoms with van der Waals surface area (Å²) < 4.78 is 27.2. The summed E-state index contributed by atoms with van der Waals surface area (Å²) in [5.74, 6) is -0.560. The van der Waals surface area contributed by atoms with Gasteiger partial charge in [0.25, 0.3) is 5.91 Å². The molecule has 0 spiro atoms. The summed E-state index contributed by atoms with van der Waals surface area (Å²) in [5, 5.41) is 10.8. The van der Waals surface area contributed by atoms with E-state index in [0.29, 0.717) is 30.8 Å². The zero-order valence-electron chi connectivity index (χ0n) is 17.7. The van der Waals surface area contributed by atoms with Crippen LogP contribution in [-0.2, 0) is 14.8 Å². The van der Waals surface area contributed by atoms with Crippen molar-refractivity contribution in [2.75, 3.05) is 26.2 Å². The van der Waals surface area contributed by atoms with Gasteiger partial charge in [-0.25, -0.2) is 13.1 Å². The number of aryl methyl sites for hydroxylation is 2. The van der Waals surface area contributed by atoms with Crippen LogP contribution in [-0.4, -0.2) is 52.0 Å². The molecule has 8 nitrogen and oxygen atoms in total. The molecule has 0 radical (unpaired) electrons. The Morgan fingerprint density at radius 3 is 2.35 bits per heavy atom. The summed E-state index contributed by atoms with van der Waals surface area (Å²) in [4.78, 5) is 26.5. The molecule has 0 atom stereocenters. The fourth-order valence-corrected chi connectivity index (χ4v) is 5.33. The Hall–Kier alpha value is -2.27. The Balaban J connectivity index is 1.59. The van der Waals surface area contributed by atoms with Crippen molar-refractivity contribution in [1.82, 2.24) is 20.7 Å². The van der Waals surface area contributed by atoms with Gasteiger partial charge in [0.05, 0.1) is 9.77 Å². The normalized spacial score (nSPS) is 15.9. The van der Waals surface area contributed by atoms with E-state index in [1.807, 2.05) is 25.3 Å². The average Bonchev–Trinajstić information content (AvgIpc) is 3.18. The molecule has 0 saturated carbocycles. The average molecular weight is 465 g/mol. The SMILES string of the molecule is Cc1ccc(S(=O)(=O)NCCNC(=O)C2(NC(=O)c3sccc3C)CCNCC2)cc1. The van der Waals surface area contributed by atoms with Crippen LogP contribution in [0.2, 0.25) is 0 Å². The van der Waals surface area contributed by atoms with Gasteiger partial charge >= 0.3 is 0 Å². The van der Waals surface area contributed by atoms with Crippen LogP contribution in [0.5, 0.6) is 0 Å². The van der Waals surface area contributed by atoms with Gasteiger partial charge in [-0.3, -0.25) is 9.59 Å². The number of hydrogen-bond acceptors (Lipinski definition) is 6. The molecule has 1 aliphatic rings. The van der Waals surface area contributed by atoms with Gasteiger partial charge in [-0.1, -0.05) is 17.7 Å². The van der Waals surface area contributed by atoms with E-state index in [-0.39, 0.29) is 29.8 Å². The van der Waals surface area contributed by atoms with Gasteiger partial charge in [0.2, 0.25) is 15.9 Å². The maximum atomic E-state index is 13.0. The second-order valence-corrected chi connectivity index (χ2v) is 10.4. The molecular weight excluding hydrogens is 436 g/mol. The molecule has 2 aromatic rings. The number of carbonyl (C=O) groups excluding carboxylic acids is 2. The summed E-state index contributed by atoms with van der Waals surface area (Å²) >= 11 is 1.34. The Morgan fingerprint density at radius 2 is 1.74 bits per heavy atom. The predicted molar refractivity (Wildman–Crippen MR) is 121 cm³/mol. The molecule has 31 heavy (non-hydrogen) atoms. The van der Waals surface area contributed by atoms with Crippen LogP contribution in [0.25, 0.3) is 0 Å². The minimum absolute atomic E-state index is 0.0499. The molecule has 1 fully saturated rings. The number of carbonyl (C=O) groups is 2. The molecule has 3 rings (SSSR count). The number of benzene rings is 1. The highest BCUT2D eigenvalue weighted by Crippen LogP contribution is 2.22. The lowest BCUT2D eigenvalue weighted by Crippen LogP contribution is -2.63. The highest BCUT2D eigenvalue weighted by Gasteiger charge is 2.41. The van der Waals surface area contributed by atoms with Crippen molar-refractivity contribution >= 4 is 33.2 Å². The first-order valence-corrected chi connectivity index (χ1v) is 12.5. The lowest BCUT2D eigenvalue weighted by atomic mass is 9.87. The van der Waals surface area contributed by atoms with Gasteiger partial charge in [0.15, 0.2) is 0 Å². The Kier molecular flexibility index (Phi) is 7.47. The van der Waals surface area contributed by atoms with E-state index in [4.69, 9.17) is 0 Å². The van der Waals surface area contributed by atoms with Crippen LogP contribution < -0.4 is 20.7 Å². The highest BCUT2D eigenvalue weighted by atomic mass is 32.2. The van der Waals surface area contributed by atoms with Crippen LogP contribution in [0, 0.1) is 13.8 Å². The summed E-state index contributed by atoms with van der Waals surface area (Å²) in [6.07, 6.45) is 0.925. The van der Waals surface area contributed by atoms with E-state index in [9.17, 15) is 18.0 Å². The number of rotatable bonds is 8. The number of amides is 2. The van der Waals surface area contributed by atoms with E-state index in [1.54, 1.807) is 24.3 Å². The highest BCUT2D eigenvalue weighted by molar-refractivity contribution is 7.89. The van der Waals surface area contributed by atoms with Crippen molar-refractivity contribution in [2.45, 2.75) is 37.1 Å². The van der Waals surface area contributed by atoms with Crippen LogP contribution in [0.1, 0.15) is 33.6 Å². The van der Waals surface area contributed by atoms with Crippen LogP contribution in [0.15, 0.2) is 40.6 Å². The number of hydrogen-bond donors (Lipinski definition) is 4. The number of sulfonamides is 1. The second-order valence-electron chi connectivity index (χ2n) is 7.69. The van der Waals surface area contributed by atoms with Crippen molar-refractivity contribution in [2.24, 2.45) is 0 Å². The standard InChI is InChI=1S/C21H28N4O4S2/c1-15-3-5-17(6-4-15)31(28,29)24-13-12-23-20(27)21(8-10-22-11-9-21)25-19(26)18-16(2)7-14-30-18/h3-7,14,22,24H,8-13H2,1-2H3,(H,23,27)(H,25,26). The lowest BCUT2D eigenvalue weighted by Gasteiger charge is -2.37. The third-order valence-electron chi connectivity index (χ3n) is 5.35. The molecule has 1 aliphatic heterocycles. The molecule has 2 heterocycles. The van der Waals surface area contributed by atoms with Crippen molar-refractivity contribution in [3.05, 3.63) is 51.7 Å². The fraction of sp³-hybridized carbons (Fsp3) is 0.429. The molecule has 1 saturated heterocycles. The van der Waals surface area contributed by atoms with Gasteiger partial charge < -0.3 is 16.0 Å². The molecule has 10 heteroatoms. The fourth-order valence-electron chi connectivity index (χ4n) is 3.47. The van der Waals surface area contributed by atoms with Gasteiger partial charge in [0.1, 0.15) is 5.54 Å². The van der Waals surface area contributed by atoms with Crippen molar-refractivity contribution in [1.29, 1.82) is 0 Å². The van der Waals surface area contributed by atoms with E-state index >= 15 is 0 Å². The van der Waals surface area contributed by atoms with Gasteiger partial charge in [-0.15, -0.1) is 11.3 Å². The minimum atomic E-state index is -3.65. The third kappa shape index (κ3) is 5.70. The zero-order chi connectivity index (χ0) is 22.5. The Morgan fingerprint density at radius 1 is 1.06 bits per heavy atom. The minimum Gasteiger partial charge on any atom is -0.353 e. The monoisotopic (exact) mass is 464 g/mol. The zero-order valence-corrected chi connectivity index (χ0v) is 19.3. The third-order valence-corrected chi connectivity index (χ3v) is 7.84. The predicted octanol–water partition coefficient (Wildman–Crippen LogP) is 1.31. The molecule has 0 unspecified atom stereocenters. The molecule has 0 bridgehead atoms. The van der Waals surface area contributed by atoms with Crippen LogP contribution in [0.4, 0.5) is 0 Å². The van der Waals surface area contributed by atoms with Crippen molar-refractivity contribution in [3.63, 3.8) is 0 Å². The smallest absolute Gasteiger partial charge is 0.262 e.